The normalized spacial score (nSPS) is 32.7. The Morgan fingerprint density at radius 2 is 2.47 bits per heavy atom. The number of fused-ring (bicyclic) bond motifs is 2. The highest BCUT2D eigenvalue weighted by Gasteiger charge is 2.59. The minimum absolute atomic E-state index is 0.0586. The maximum absolute atomic E-state index is 11.7. The summed E-state index contributed by atoms with van der Waals surface area (Å²) in [7, 11) is 0. The number of nitrogens with two attached hydrogens (primary N) is 1. The highest BCUT2D eigenvalue weighted by molar-refractivity contribution is 5.70. The smallest absolute Gasteiger partial charge is 0.280 e. The van der Waals surface area contributed by atoms with Crippen molar-refractivity contribution in [1.29, 1.82) is 0 Å². The van der Waals surface area contributed by atoms with E-state index in [-0.39, 0.29) is 41.7 Å². The lowest BCUT2D eigenvalue weighted by atomic mass is 10.3. The van der Waals surface area contributed by atoms with Crippen molar-refractivity contribution in [2.45, 2.75) is 6.23 Å². The van der Waals surface area contributed by atoms with Crippen molar-refractivity contribution in [3.8, 4) is 0 Å². The van der Waals surface area contributed by atoms with Crippen LogP contribution in [0, 0.1) is 17.8 Å². The van der Waals surface area contributed by atoms with Gasteiger partial charge in [-0.25, -0.2) is 4.98 Å². The fourth-order valence-corrected chi connectivity index (χ4v) is 3.11. The second-order valence-corrected chi connectivity index (χ2v) is 5.09. The first-order valence-electron chi connectivity index (χ1n) is 6.15. The summed E-state index contributed by atoms with van der Waals surface area (Å²) in [6.45, 7) is 0.789. The summed E-state index contributed by atoms with van der Waals surface area (Å²) in [6.07, 6.45) is 1.33. The molecular formula is C11H13N5O3. The third-order valence-corrected chi connectivity index (χ3v) is 4.12. The van der Waals surface area contributed by atoms with Gasteiger partial charge >= 0.3 is 0 Å². The van der Waals surface area contributed by atoms with Gasteiger partial charge in [0.05, 0.1) is 12.9 Å². The predicted octanol–water partition coefficient (Wildman–Crippen LogP) is -0.915. The van der Waals surface area contributed by atoms with Gasteiger partial charge in [-0.05, 0) is 11.8 Å². The van der Waals surface area contributed by atoms with Crippen LogP contribution in [0.25, 0.3) is 11.2 Å². The van der Waals surface area contributed by atoms with Gasteiger partial charge < -0.3 is 15.6 Å². The number of aromatic amines is 1. The number of hydrogen-bond donors (Lipinski definition) is 3. The van der Waals surface area contributed by atoms with E-state index in [0.717, 1.165) is 0 Å². The maximum Gasteiger partial charge on any atom is 0.280 e. The Balaban J connectivity index is 1.82. The molecular weight excluding hydrogens is 250 g/mol. The number of nitrogens with one attached hydrogen (secondary N) is 1. The van der Waals surface area contributed by atoms with Crippen molar-refractivity contribution in [2.24, 2.45) is 17.8 Å². The van der Waals surface area contributed by atoms with Crippen LogP contribution < -0.4 is 11.3 Å². The van der Waals surface area contributed by atoms with Gasteiger partial charge in [-0.3, -0.25) is 14.3 Å². The number of ether oxygens (including phenoxy) is 1. The SMILES string of the molecule is Nc1nc2c(ncn2[C@@H]2OC[C@@H]3[C@H](CO)[C@@H]32)c(=O)[nH]1. The van der Waals surface area contributed by atoms with Crippen molar-refractivity contribution in [3.63, 3.8) is 0 Å². The molecule has 1 saturated carbocycles. The van der Waals surface area contributed by atoms with Crippen LogP contribution in [0.15, 0.2) is 11.1 Å². The van der Waals surface area contributed by atoms with E-state index < -0.39 is 0 Å². The second kappa shape index (κ2) is 3.55. The Morgan fingerprint density at radius 1 is 1.63 bits per heavy atom. The van der Waals surface area contributed by atoms with E-state index in [0.29, 0.717) is 18.2 Å². The number of hydrogen-bond acceptors (Lipinski definition) is 6. The lowest BCUT2D eigenvalue weighted by Crippen LogP contribution is -2.17. The highest BCUT2D eigenvalue weighted by Crippen LogP contribution is 2.58. The quantitative estimate of drug-likeness (QED) is 0.645. The van der Waals surface area contributed by atoms with Crippen LogP contribution in [-0.4, -0.2) is 37.8 Å². The monoisotopic (exact) mass is 263 g/mol. The van der Waals surface area contributed by atoms with E-state index in [1.165, 1.54) is 0 Å². The molecule has 2 aromatic rings. The second-order valence-electron chi connectivity index (χ2n) is 5.09. The number of imidazole rings is 1. The topological polar surface area (TPSA) is 119 Å². The summed E-state index contributed by atoms with van der Waals surface area (Å²) in [6, 6.07) is 0. The van der Waals surface area contributed by atoms with Gasteiger partial charge in [0.1, 0.15) is 6.23 Å². The van der Waals surface area contributed by atoms with Crippen LogP contribution >= 0.6 is 0 Å². The molecule has 0 aromatic carbocycles. The fraction of sp³-hybridized carbons (Fsp3) is 0.545. The molecule has 0 radical (unpaired) electrons. The van der Waals surface area contributed by atoms with E-state index in [1.54, 1.807) is 10.9 Å². The summed E-state index contributed by atoms with van der Waals surface area (Å²) < 4.78 is 7.44. The molecule has 0 amide bonds. The van der Waals surface area contributed by atoms with Gasteiger partial charge in [-0.1, -0.05) is 0 Å². The molecule has 100 valence electrons. The van der Waals surface area contributed by atoms with Gasteiger partial charge in [-0.15, -0.1) is 0 Å². The molecule has 1 aliphatic carbocycles. The van der Waals surface area contributed by atoms with Crippen LogP contribution in [0.3, 0.4) is 0 Å². The maximum atomic E-state index is 11.7. The van der Waals surface area contributed by atoms with E-state index in [1.807, 2.05) is 0 Å². The highest BCUT2D eigenvalue weighted by atomic mass is 16.5. The summed E-state index contributed by atoms with van der Waals surface area (Å²) in [4.78, 5) is 22.3. The number of aromatic nitrogens is 4. The van der Waals surface area contributed by atoms with Gasteiger partial charge in [0.15, 0.2) is 11.2 Å². The predicted molar refractivity (Wildman–Crippen MR) is 65.1 cm³/mol. The molecule has 4 rings (SSSR count). The minimum atomic E-state index is -0.356. The lowest BCUT2D eigenvalue weighted by Gasteiger charge is -2.16. The van der Waals surface area contributed by atoms with Crippen molar-refractivity contribution in [2.75, 3.05) is 18.9 Å². The Bertz CT molecular complexity index is 704. The fourth-order valence-electron chi connectivity index (χ4n) is 3.11. The average Bonchev–Trinajstić information content (AvgIpc) is 2.71. The molecule has 3 heterocycles. The standard InChI is InChI=1S/C11H13N5O3/c12-11-14-8-7(9(18)15-11)13-3-16(8)10-6-4(1-17)5(6)2-19-10/h3-6,10,17H,1-2H2,(H3,12,14,15,18)/t4-,5+,6-,10+/m0/s1. The largest absolute Gasteiger partial charge is 0.396 e. The zero-order valence-corrected chi connectivity index (χ0v) is 9.98. The van der Waals surface area contributed by atoms with Gasteiger partial charge in [0.2, 0.25) is 5.95 Å². The van der Waals surface area contributed by atoms with E-state index in [9.17, 15) is 9.90 Å². The Kier molecular flexibility index (Phi) is 2.04. The number of anilines is 1. The molecule has 1 aliphatic heterocycles. The molecule has 2 aliphatic rings. The molecule has 8 nitrogen and oxygen atoms in total. The number of nitrogens with zero attached hydrogens (tertiary/aromatic N) is 3. The van der Waals surface area contributed by atoms with Crippen LogP contribution in [0.4, 0.5) is 5.95 Å². The summed E-state index contributed by atoms with van der Waals surface area (Å²) in [5.41, 5.74) is 5.88. The van der Waals surface area contributed by atoms with Gasteiger partial charge in [-0.2, -0.15) is 4.98 Å². The van der Waals surface area contributed by atoms with Gasteiger partial charge in [0.25, 0.3) is 5.56 Å². The van der Waals surface area contributed by atoms with E-state index in [2.05, 4.69) is 15.0 Å². The van der Waals surface area contributed by atoms with Crippen LogP contribution in [0.1, 0.15) is 6.23 Å². The van der Waals surface area contributed by atoms with Crippen molar-refractivity contribution in [1.82, 2.24) is 19.5 Å². The Morgan fingerprint density at radius 3 is 3.21 bits per heavy atom. The van der Waals surface area contributed by atoms with Crippen LogP contribution in [0.5, 0.6) is 0 Å². The molecule has 4 atom stereocenters. The van der Waals surface area contributed by atoms with E-state index in [4.69, 9.17) is 10.5 Å². The lowest BCUT2D eigenvalue weighted by molar-refractivity contribution is 0.0121. The zero-order valence-electron chi connectivity index (χ0n) is 9.98. The minimum Gasteiger partial charge on any atom is -0.396 e. The third-order valence-electron chi connectivity index (χ3n) is 4.12. The van der Waals surface area contributed by atoms with Crippen molar-refractivity contribution >= 4 is 17.1 Å². The molecule has 1 saturated heterocycles. The summed E-state index contributed by atoms with van der Waals surface area (Å²) in [5.74, 6) is 0.996. The summed E-state index contributed by atoms with van der Waals surface area (Å²) in [5, 5.41) is 9.26. The first-order valence-corrected chi connectivity index (χ1v) is 6.15. The van der Waals surface area contributed by atoms with Crippen LogP contribution in [-0.2, 0) is 4.74 Å². The third kappa shape index (κ3) is 1.38. The molecule has 8 heteroatoms. The van der Waals surface area contributed by atoms with Crippen molar-refractivity contribution < 1.29 is 9.84 Å². The molecule has 19 heavy (non-hydrogen) atoms. The number of aliphatic hydroxyl groups is 1. The Hall–Kier alpha value is -1.93. The molecule has 4 N–H and O–H groups in total. The molecule has 0 unspecified atom stereocenters. The average molecular weight is 263 g/mol. The molecule has 0 bridgehead atoms. The Labute approximate surface area is 107 Å². The number of H-pyrrole nitrogens is 1. The molecule has 0 spiro atoms. The first-order chi connectivity index (χ1) is 9.20. The number of rotatable bonds is 2. The van der Waals surface area contributed by atoms with Crippen molar-refractivity contribution in [3.05, 3.63) is 16.7 Å². The molecule has 2 aromatic heterocycles. The zero-order chi connectivity index (χ0) is 13.1. The van der Waals surface area contributed by atoms with Gasteiger partial charge in [0, 0.05) is 12.5 Å². The molecule has 2 fully saturated rings. The van der Waals surface area contributed by atoms with E-state index >= 15 is 0 Å². The summed E-state index contributed by atoms with van der Waals surface area (Å²) >= 11 is 0. The number of nitrogen functional groups attached to an aromatic ring is 1. The van der Waals surface area contributed by atoms with Crippen LogP contribution in [0.2, 0.25) is 0 Å². The number of aliphatic hydroxyl groups excluding tert-OH is 1. The first kappa shape index (κ1) is 10.9.